The summed E-state index contributed by atoms with van der Waals surface area (Å²) in [6.07, 6.45) is 10.6. The Morgan fingerprint density at radius 3 is 2.58 bits per heavy atom. The molecule has 0 aromatic carbocycles. The van der Waals surface area contributed by atoms with Crippen molar-refractivity contribution < 1.29 is 9.59 Å². The third-order valence-electron chi connectivity index (χ3n) is 6.38. The molecule has 1 aromatic heterocycles. The highest BCUT2D eigenvalue weighted by Crippen LogP contribution is 2.43. The molecule has 5 heteroatoms. The number of Topliss-reactive ketones (excluding diaryl/α,β-unsaturated/α-hetero) is 1. The van der Waals surface area contributed by atoms with E-state index in [4.69, 9.17) is 0 Å². The second kappa shape index (κ2) is 6.01. The minimum Gasteiger partial charge on any atom is -0.337 e. The highest BCUT2D eigenvalue weighted by Gasteiger charge is 2.41. The van der Waals surface area contributed by atoms with Crippen LogP contribution in [-0.2, 0) is 24.7 Å². The van der Waals surface area contributed by atoms with Gasteiger partial charge in [-0.15, -0.1) is 0 Å². The van der Waals surface area contributed by atoms with Crippen LogP contribution in [0.1, 0.15) is 73.1 Å². The second-order valence-electron chi connectivity index (χ2n) is 8.00. The number of carbonyl (C=O) groups is 2. The van der Waals surface area contributed by atoms with Gasteiger partial charge in [-0.05, 0) is 31.1 Å². The molecular formula is C19H27N3O2. The van der Waals surface area contributed by atoms with Gasteiger partial charge < -0.3 is 4.90 Å². The summed E-state index contributed by atoms with van der Waals surface area (Å²) in [6.45, 7) is 1.73. The van der Waals surface area contributed by atoms with Crippen LogP contribution < -0.4 is 0 Å². The maximum atomic E-state index is 13.1. The molecule has 2 fully saturated rings. The van der Waals surface area contributed by atoms with Crippen LogP contribution in [0.2, 0.25) is 0 Å². The number of likely N-dealkylation sites (tertiary alicyclic amines) is 1. The third-order valence-corrected chi connectivity index (χ3v) is 6.38. The average molecular weight is 329 g/mol. The first-order valence-corrected chi connectivity index (χ1v) is 9.44. The molecule has 1 spiro atoms. The van der Waals surface area contributed by atoms with Crippen molar-refractivity contribution in [3.63, 3.8) is 0 Å². The molecule has 1 saturated carbocycles. The van der Waals surface area contributed by atoms with E-state index in [-0.39, 0.29) is 11.7 Å². The maximum Gasteiger partial charge on any atom is 0.274 e. The zero-order chi connectivity index (χ0) is 16.7. The quantitative estimate of drug-likeness (QED) is 0.796. The average Bonchev–Trinajstić information content (AvgIpc) is 3.03. The largest absolute Gasteiger partial charge is 0.337 e. The van der Waals surface area contributed by atoms with Crippen molar-refractivity contribution in [2.45, 2.75) is 64.2 Å². The fourth-order valence-electron chi connectivity index (χ4n) is 4.96. The Bertz CT molecular complexity index is 668. The van der Waals surface area contributed by atoms with Crippen LogP contribution in [-0.4, -0.2) is 39.5 Å². The van der Waals surface area contributed by atoms with Crippen LogP contribution in [0, 0.1) is 5.41 Å². The first kappa shape index (κ1) is 15.9. The Kier molecular flexibility index (Phi) is 3.97. The number of hydrogen-bond donors (Lipinski definition) is 0. The predicted molar refractivity (Wildman–Crippen MR) is 90.9 cm³/mol. The lowest BCUT2D eigenvalue weighted by Crippen LogP contribution is -2.33. The van der Waals surface area contributed by atoms with Gasteiger partial charge in [-0.1, -0.05) is 25.7 Å². The van der Waals surface area contributed by atoms with Crippen LogP contribution in [0.5, 0.6) is 0 Å². The van der Waals surface area contributed by atoms with Gasteiger partial charge in [-0.3, -0.25) is 14.3 Å². The highest BCUT2D eigenvalue weighted by atomic mass is 16.2. The number of fused-ring (bicyclic) bond motifs is 1. The van der Waals surface area contributed by atoms with Gasteiger partial charge in [-0.25, -0.2) is 0 Å². The van der Waals surface area contributed by atoms with Crippen molar-refractivity contribution >= 4 is 11.7 Å². The zero-order valence-electron chi connectivity index (χ0n) is 14.6. The van der Waals surface area contributed by atoms with Gasteiger partial charge in [0.2, 0.25) is 0 Å². The molecule has 1 saturated heterocycles. The number of aryl methyl sites for hydroxylation is 1. The highest BCUT2D eigenvalue weighted by molar-refractivity contribution is 5.96. The van der Waals surface area contributed by atoms with E-state index in [1.54, 1.807) is 0 Å². The number of rotatable bonds is 1. The molecule has 5 nitrogen and oxygen atoms in total. The number of aromatic nitrogens is 2. The van der Waals surface area contributed by atoms with E-state index in [0.717, 1.165) is 37.2 Å². The molecule has 1 amide bonds. The molecule has 4 rings (SSSR count). The van der Waals surface area contributed by atoms with E-state index in [2.05, 4.69) is 5.10 Å². The molecule has 2 aliphatic carbocycles. The van der Waals surface area contributed by atoms with Crippen LogP contribution in [0.15, 0.2) is 0 Å². The number of ketones is 1. The summed E-state index contributed by atoms with van der Waals surface area (Å²) in [4.78, 5) is 26.9. The molecule has 1 aromatic rings. The van der Waals surface area contributed by atoms with Gasteiger partial charge in [0, 0.05) is 44.2 Å². The van der Waals surface area contributed by atoms with Gasteiger partial charge in [-0.2, -0.15) is 5.10 Å². The van der Waals surface area contributed by atoms with Crippen molar-refractivity contribution in [1.82, 2.24) is 14.7 Å². The van der Waals surface area contributed by atoms with Crippen LogP contribution >= 0.6 is 0 Å². The molecule has 0 N–H and O–H groups in total. The van der Waals surface area contributed by atoms with Crippen molar-refractivity contribution in [2.24, 2.45) is 12.5 Å². The molecule has 1 aliphatic heterocycles. The Hall–Kier alpha value is -1.65. The predicted octanol–water partition coefficient (Wildman–Crippen LogP) is 2.66. The topological polar surface area (TPSA) is 55.2 Å². The summed E-state index contributed by atoms with van der Waals surface area (Å²) in [7, 11) is 1.89. The van der Waals surface area contributed by atoms with Crippen LogP contribution in [0.25, 0.3) is 0 Å². The molecule has 0 unspecified atom stereocenters. The minimum absolute atomic E-state index is 0.0441. The molecule has 0 radical (unpaired) electrons. The SMILES string of the molecule is Cn1nc(C(=O)N2CCC3(CCCCCC3)C2)c2c1CCC(=O)C2. The molecule has 130 valence electrons. The summed E-state index contributed by atoms with van der Waals surface area (Å²) in [6, 6.07) is 0. The summed E-state index contributed by atoms with van der Waals surface area (Å²) in [5.41, 5.74) is 2.84. The number of hydrogen-bond acceptors (Lipinski definition) is 3. The molecular weight excluding hydrogens is 302 g/mol. The van der Waals surface area contributed by atoms with Gasteiger partial charge in [0.25, 0.3) is 5.91 Å². The van der Waals surface area contributed by atoms with Crippen LogP contribution in [0.4, 0.5) is 0 Å². The smallest absolute Gasteiger partial charge is 0.274 e. The van der Waals surface area contributed by atoms with Crippen LogP contribution in [0.3, 0.4) is 0 Å². The van der Waals surface area contributed by atoms with Gasteiger partial charge >= 0.3 is 0 Å². The lowest BCUT2D eigenvalue weighted by molar-refractivity contribution is -0.118. The van der Waals surface area contributed by atoms with E-state index in [0.29, 0.717) is 24.0 Å². The summed E-state index contributed by atoms with van der Waals surface area (Å²) in [5, 5.41) is 4.50. The molecule has 2 heterocycles. The fraction of sp³-hybridized carbons (Fsp3) is 0.737. The molecule has 0 atom stereocenters. The second-order valence-corrected chi connectivity index (χ2v) is 8.00. The summed E-state index contributed by atoms with van der Waals surface area (Å²) < 4.78 is 1.81. The van der Waals surface area contributed by atoms with Crippen molar-refractivity contribution in [1.29, 1.82) is 0 Å². The van der Waals surface area contributed by atoms with E-state index < -0.39 is 0 Å². The van der Waals surface area contributed by atoms with Gasteiger partial charge in [0.1, 0.15) is 5.78 Å². The number of amides is 1. The lowest BCUT2D eigenvalue weighted by Gasteiger charge is -2.27. The lowest BCUT2D eigenvalue weighted by atomic mass is 9.80. The first-order valence-electron chi connectivity index (χ1n) is 9.44. The summed E-state index contributed by atoms with van der Waals surface area (Å²) in [5.74, 6) is 0.272. The Balaban J connectivity index is 1.56. The monoisotopic (exact) mass is 329 g/mol. The number of nitrogens with zero attached hydrogens (tertiary/aromatic N) is 3. The summed E-state index contributed by atoms with van der Waals surface area (Å²) >= 11 is 0. The normalized spacial score (nSPS) is 23.4. The Morgan fingerprint density at radius 2 is 1.83 bits per heavy atom. The molecule has 3 aliphatic rings. The standard InChI is InChI=1S/C19H27N3O2/c1-21-16-7-6-14(23)12-15(16)17(20-21)18(24)22-11-10-19(13-22)8-4-2-3-5-9-19/h2-13H2,1H3. The van der Waals surface area contributed by atoms with E-state index in [9.17, 15) is 9.59 Å². The Morgan fingerprint density at radius 1 is 1.08 bits per heavy atom. The van der Waals surface area contributed by atoms with Gasteiger partial charge in [0.15, 0.2) is 5.69 Å². The molecule has 24 heavy (non-hydrogen) atoms. The third kappa shape index (κ3) is 2.68. The first-order chi connectivity index (χ1) is 11.6. The maximum absolute atomic E-state index is 13.1. The molecule has 0 bridgehead atoms. The van der Waals surface area contributed by atoms with Crippen molar-refractivity contribution in [3.05, 3.63) is 17.0 Å². The van der Waals surface area contributed by atoms with Gasteiger partial charge in [0.05, 0.1) is 0 Å². The zero-order valence-corrected chi connectivity index (χ0v) is 14.6. The van der Waals surface area contributed by atoms with Crippen molar-refractivity contribution in [3.8, 4) is 0 Å². The van der Waals surface area contributed by atoms with E-state index in [1.165, 1.54) is 38.5 Å². The van der Waals surface area contributed by atoms with E-state index in [1.807, 2.05) is 16.6 Å². The minimum atomic E-state index is 0.0441. The van der Waals surface area contributed by atoms with Crippen molar-refractivity contribution in [2.75, 3.05) is 13.1 Å². The Labute approximate surface area is 143 Å². The fourth-order valence-corrected chi connectivity index (χ4v) is 4.96. The van der Waals surface area contributed by atoms with E-state index >= 15 is 0 Å². The number of carbonyl (C=O) groups excluding carboxylic acids is 2.